The topological polar surface area (TPSA) is 130 Å². The molecule has 1 aliphatic rings. The van der Waals surface area contributed by atoms with Gasteiger partial charge in [0.05, 0.1) is 31.5 Å². The second-order valence-corrected chi connectivity index (χ2v) is 8.49. The van der Waals surface area contributed by atoms with E-state index in [0.717, 1.165) is 13.2 Å². The van der Waals surface area contributed by atoms with Crippen molar-refractivity contribution in [3.8, 4) is 17.6 Å². The number of nitrogens with two attached hydrogens (primary N) is 2. The van der Waals surface area contributed by atoms with Gasteiger partial charge in [-0.15, -0.1) is 0 Å². The summed E-state index contributed by atoms with van der Waals surface area (Å²) in [5.74, 6) is 8.12. The van der Waals surface area contributed by atoms with E-state index < -0.39 is 5.91 Å². The summed E-state index contributed by atoms with van der Waals surface area (Å²) in [7, 11) is 1.56. The molecule has 1 aliphatic heterocycles. The van der Waals surface area contributed by atoms with Gasteiger partial charge in [0, 0.05) is 40.6 Å². The molecule has 2 heterocycles. The number of methoxy groups -OCH3 is 1. The van der Waals surface area contributed by atoms with Crippen molar-refractivity contribution in [3.05, 3.63) is 83.0 Å². The number of carbonyl (C=O) groups excluding carboxylic acids is 2. The first-order valence-electron chi connectivity index (χ1n) is 10.7. The first-order valence-corrected chi connectivity index (χ1v) is 11.9. The maximum atomic E-state index is 12.5. The molecular weight excluding hydrogens is 464 g/mol. The minimum atomic E-state index is -0.614. The molecular formula is C26H26N4O4S. The molecule has 1 fully saturated rings. The maximum Gasteiger partial charge on any atom is 0.255 e. The minimum absolute atomic E-state index is 0.189. The van der Waals surface area contributed by atoms with Gasteiger partial charge < -0.3 is 26.3 Å². The number of amides is 2. The highest BCUT2D eigenvalue weighted by molar-refractivity contribution is 7.99. The number of hydrogen-bond acceptors (Lipinski definition) is 7. The van der Waals surface area contributed by atoms with Crippen molar-refractivity contribution in [3.63, 3.8) is 0 Å². The lowest BCUT2D eigenvalue weighted by molar-refractivity contribution is 0.0997. The lowest BCUT2D eigenvalue weighted by Crippen LogP contribution is -2.12. The number of rotatable bonds is 4. The number of carbonyl (C=O) groups is 2. The fraction of sp³-hybridized carbons (Fsp3) is 0.192. The van der Waals surface area contributed by atoms with Crippen LogP contribution in [0.25, 0.3) is 0 Å². The first-order chi connectivity index (χ1) is 17.0. The average Bonchev–Trinajstić information content (AvgIpc) is 2.89. The molecule has 1 saturated heterocycles. The van der Waals surface area contributed by atoms with Gasteiger partial charge in [-0.3, -0.25) is 9.59 Å². The third-order valence-corrected chi connectivity index (χ3v) is 5.65. The average molecular weight is 491 g/mol. The lowest BCUT2D eigenvalue weighted by atomic mass is 10.1. The number of hydrogen-bond donors (Lipinski definition) is 3. The normalized spacial score (nSPS) is 12.3. The van der Waals surface area contributed by atoms with Gasteiger partial charge in [-0.05, 0) is 36.4 Å². The Morgan fingerprint density at radius 3 is 2.49 bits per heavy atom. The first kappa shape index (κ1) is 25.6. The van der Waals surface area contributed by atoms with Crippen LogP contribution < -0.4 is 21.5 Å². The van der Waals surface area contributed by atoms with Crippen LogP contribution in [0, 0.1) is 11.8 Å². The van der Waals surface area contributed by atoms with Crippen molar-refractivity contribution in [2.24, 2.45) is 5.73 Å². The summed E-state index contributed by atoms with van der Waals surface area (Å²) in [4.78, 5) is 27.7. The fourth-order valence-corrected chi connectivity index (χ4v) is 3.61. The van der Waals surface area contributed by atoms with Gasteiger partial charge in [-0.1, -0.05) is 24.0 Å². The van der Waals surface area contributed by atoms with Crippen molar-refractivity contribution >= 4 is 35.1 Å². The predicted molar refractivity (Wildman–Crippen MR) is 139 cm³/mol. The third-order valence-electron chi connectivity index (χ3n) is 4.74. The number of primary amides is 1. The molecule has 0 atom stereocenters. The molecule has 180 valence electrons. The fourth-order valence-electron chi connectivity index (χ4n) is 2.93. The lowest BCUT2D eigenvalue weighted by Gasteiger charge is -2.07. The Morgan fingerprint density at radius 2 is 1.83 bits per heavy atom. The van der Waals surface area contributed by atoms with Gasteiger partial charge in [0.15, 0.2) is 0 Å². The molecule has 5 N–H and O–H groups in total. The standard InChI is InChI=1S/C22H18N4O3.C4H8OS/c1-29-19-7-3-6-18(12-19)26-22(28)16-5-2-4-14(10-16)8-9-15-11-17(21(24)27)13-25-20(15)23;1-3-6-4-2-5-1/h2-7,10-13H,1H3,(H2,23,25)(H2,24,27)(H,26,28);1-4H2. The van der Waals surface area contributed by atoms with Gasteiger partial charge in [-0.25, -0.2) is 4.98 Å². The van der Waals surface area contributed by atoms with E-state index in [2.05, 4.69) is 22.1 Å². The van der Waals surface area contributed by atoms with E-state index in [0.29, 0.717) is 28.1 Å². The highest BCUT2D eigenvalue weighted by Gasteiger charge is 2.08. The van der Waals surface area contributed by atoms with E-state index in [-0.39, 0.29) is 17.3 Å². The number of anilines is 2. The molecule has 35 heavy (non-hydrogen) atoms. The molecule has 0 radical (unpaired) electrons. The monoisotopic (exact) mass is 490 g/mol. The molecule has 0 unspecified atom stereocenters. The van der Waals surface area contributed by atoms with E-state index in [1.54, 1.807) is 55.6 Å². The zero-order chi connectivity index (χ0) is 25.0. The number of thioether (sulfide) groups is 1. The van der Waals surface area contributed by atoms with E-state index >= 15 is 0 Å². The third kappa shape index (κ3) is 8.07. The molecule has 0 saturated carbocycles. The number of nitrogens with one attached hydrogen (secondary N) is 1. The largest absolute Gasteiger partial charge is 0.497 e. The Morgan fingerprint density at radius 1 is 1.06 bits per heavy atom. The minimum Gasteiger partial charge on any atom is -0.497 e. The van der Waals surface area contributed by atoms with Crippen molar-refractivity contribution in [1.29, 1.82) is 0 Å². The number of aromatic nitrogens is 1. The summed E-state index contributed by atoms with van der Waals surface area (Å²) < 4.78 is 10.2. The zero-order valence-corrected chi connectivity index (χ0v) is 20.1. The SMILES string of the molecule is C1CSCCO1.COc1cccc(NC(=O)c2cccc(C#Cc3cc(C(N)=O)cnc3N)c2)c1. The summed E-state index contributed by atoms with van der Waals surface area (Å²) in [6.07, 6.45) is 1.30. The summed E-state index contributed by atoms with van der Waals surface area (Å²) in [6, 6.07) is 15.4. The zero-order valence-electron chi connectivity index (χ0n) is 19.2. The molecule has 2 aromatic carbocycles. The van der Waals surface area contributed by atoms with E-state index in [4.69, 9.17) is 20.9 Å². The molecule has 3 aromatic rings. The van der Waals surface area contributed by atoms with Gasteiger partial charge in [0.2, 0.25) is 5.91 Å². The highest BCUT2D eigenvalue weighted by atomic mass is 32.2. The number of pyridine rings is 1. The molecule has 1 aromatic heterocycles. The number of nitrogens with zero attached hydrogens (tertiary/aromatic N) is 1. The summed E-state index contributed by atoms with van der Waals surface area (Å²) in [5, 5.41) is 2.81. The Hall–Kier alpha value is -4.00. The van der Waals surface area contributed by atoms with Crippen molar-refractivity contribution < 1.29 is 19.1 Å². The van der Waals surface area contributed by atoms with Crippen LogP contribution in [-0.2, 0) is 4.74 Å². The molecule has 2 amide bonds. The molecule has 4 rings (SSSR count). The Bertz CT molecular complexity index is 1240. The van der Waals surface area contributed by atoms with Crippen molar-refractivity contribution in [2.45, 2.75) is 0 Å². The van der Waals surface area contributed by atoms with Gasteiger partial charge in [0.1, 0.15) is 11.6 Å². The van der Waals surface area contributed by atoms with Crippen LogP contribution in [0.2, 0.25) is 0 Å². The van der Waals surface area contributed by atoms with Crippen LogP contribution in [0.4, 0.5) is 11.5 Å². The molecule has 0 bridgehead atoms. The number of benzene rings is 2. The van der Waals surface area contributed by atoms with Crippen LogP contribution in [-0.4, -0.2) is 48.6 Å². The van der Waals surface area contributed by atoms with Crippen LogP contribution in [0.1, 0.15) is 31.8 Å². The summed E-state index contributed by atoms with van der Waals surface area (Å²) in [5.41, 5.74) is 13.3. The molecule has 0 aliphatic carbocycles. The second kappa shape index (κ2) is 13.0. The van der Waals surface area contributed by atoms with Crippen LogP contribution in [0.15, 0.2) is 60.8 Å². The van der Waals surface area contributed by atoms with E-state index in [1.807, 2.05) is 11.8 Å². The number of nitrogen functional groups attached to an aromatic ring is 1. The summed E-state index contributed by atoms with van der Waals surface area (Å²) in [6.45, 7) is 1.93. The Labute approximate surface area is 208 Å². The molecule has 0 spiro atoms. The van der Waals surface area contributed by atoms with Crippen LogP contribution in [0.3, 0.4) is 0 Å². The Kier molecular flexibility index (Phi) is 9.54. The van der Waals surface area contributed by atoms with Crippen molar-refractivity contribution in [2.75, 3.05) is 42.9 Å². The predicted octanol–water partition coefficient (Wildman–Crippen LogP) is 3.17. The van der Waals surface area contributed by atoms with Crippen LogP contribution in [0.5, 0.6) is 5.75 Å². The van der Waals surface area contributed by atoms with E-state index in [1.165, 1.54) is 23.8 Å². The van der Waals surface area contributed by atoms with E-state index in [9.17, 15) is 9.59 Å². The van der Waals surface area contributed by atoms with Gasteiger partial charge >= 0.3 is 0 Å². The summed E-state index contributed by atoms with van der Waals surface area (Å²) >= 11 is 1.97. The molecule has 8 nitrogen and oxygen atoms in total. The Balaban J connectivity index is 0.000000497. The van der Waals surface area contributed by atoms with Gasteiger partial charge in [-0.2, -0.15) is 11.8 Å². The molecule has 9 heteroatoms. The quantitative estimate of drug-likeness (QED) is 0.479. The van der Waals surface area contributed by atoms with Crippen molar-refractivity contribution in [1.82, 2.24) is 4.98 Å². The van der Waals surface area contributed by atoms with Crippen LogP contribution >= 0.6 is 11.8 Å². The number of ether oxygens (including phenoxy) is 2. The second-order valence-electron chi connectivity index (χ2n) is 7.26. The highest BCUT2D eigenvalue weighted by Crippen LogP contribution is 2.18. The van der Waals surface area contributed by atoms with Gasteiger partial charge in [0.25, 0.3) is 5.91 Å². The smallest absolute Gasteiger partial charge is 0.255 e. The maximum absolute atomic E-state index is 12.5.